The van der Waals surface area contributed by atoms with E-state index in [-0.39, 0.29) is 11.9 Å². The van der Waals surface area contributed by atoms with Crippen LogP contribution in [0.5, 0.6) is 0 Å². The van der Waals surface area contributed by atoms with Crippen LogP contribution in [0.15, 0.2) is 28.7 Å². The summed E-state index contributed by atoms with van der Waals surface area (Å²) in [5.74, 6) is 0.0696. The zero-order chi connectivity index (χ0) is 13.0. The van der Waals surface area contributed by atoms with Gasteiger partial charge in [-0.15, -0.1) is 0 Å². The number of nitrogens with one attached hydrogen (secondary N) is 2. The van der Waals surface area contributed by atoms with Gasteiger partial charge in [0.2, 0.25) is 5.91 Å². The highest BCUT2D eigenvalue weighted by atomic mass is 79.9. The second-order valence-corrected chi connectivity index (χ2v) is 5.42. The van der Waals surface area contributed by atoms with Gasteiger partial charge in [0.05, 0.1) is 6.54 Å². The molecule has 0 aliphatic carbocycles. The molecule has 1 aromatic carbocycles. The summed E-state index contributed by atoms with van der Waals surface area (Å²) < 4.78 is 1.09. The third-order valence-corrected chi connectivity index (χ3v) is 3.61. The molecular formula is C13H18BrN3O. The van der Waals surface area contributed by atoms with Gasteiger partial charge in [0.15, 0.2) is 0 Å². The van der Waals surface area contributed by atoms with Crippen molar-refractivity contribution >= 4 is 27.5 Å². The van der Waals surface area contributed by atoms with Gasteiger partial charge in [-0.05, 0) is 37.7 Å². The minimum atomic E-state index is 0.0696. The first-order chi connectivity index (χ1) is 8.69. The van der Waals surface area contributed by atoms with E-state index in [1.807, 2.05) is 12.1 Å². The molecule has 1 aliphatic rings. The van der Waals surface area contributed by atoms with Crippen LogP contribution in [0.1, 0.15) is 6.42 Å². The zero-order valence-corrected chi connectivity index (χ0v) is 12.0. The standard InChI is InChI=1S/C13H18BrN3O/c1-15-8-13(18)16-11-6-7-17(9-11)12-4-2-10(14)3-5-12/h2-5,11,15H,6-9H2,1H3,(H,16,18). The summed E-state index contributed by atoms with van der Waals surface area (Å²) in [6.45, 7) is 2.26. The maximum Gasteiger partial charge on any atom is 0.234 e. The number of nitrogens with zero attached hydrogens (tertiary/aromatic N) is 1. The molecule has 1 aliphatic heterocycles. The van der Waals surface area contributed by atoms with Gasteiger partial charge in [0.1, 0.15) is 0 Å². The Hall–Kier alpha value is -1.07. The van der Waals surface area contributed by atoms with Crippen molar-refractivity contribution < 1.29 is 4.79 Å². The molecule has 98 valence electrons. The molecule has 5 heteroatoms. The maximum absolute atomic E-state index is 11.5. The molecule has 2 rings (SSSR count). The lowest BCUT2D eigenvalue weighted by atomic mass is 10.2. The van der Waals surface area contributed by atoms with Gasteiger partial charge < -0.3 is 15.5 Å². The van der Waals surface area contributed by atoms with Crippen LogP contribution in [0.4, 0.5) is 5.69 Å². The minimum absolute atomic E-state index is 0.0696. The van der Waals surface area contributed by atoms with Crippen molar-refractivity contribution in [1.82, 2.24) is 10.6 Å². The Morgan fingerprint density at radius 2 is 2.17 bits per heavy atom. The van der Waals surface area contributed by atoms with E-state index in [0.29, 0.717) is 6.54 Å². The minimum Gasteiger partial charge on any atom is -0.369 e. The van der Waals surface area contributed by atoms with Gasteiger partial charge >= 0.3 is 0 Å². The molecule has 1 heterocycles. The molecule has 1 amide bonds. The molecule has 0 aromatic heterocycles. The highest BCUT2D eigenvalue weighted by Gasteiger charge is 2.23. The Morgan fingerprint density at radius 1 is 1.44 bits per heavy atom. The van der Waals surface area contributed by atoms with Crippen molar-refractivity contribution in [3.63, 3.8) is 0 Å². The van der Waals surface area contributed by atoms with Crippen LogP contribution >= 0.6 is 15.9 Å². The Balaban J connectivity index is 1.88. The summed E-state index contributed by atoms with van der Waals surface area (Å²) in [4.78, 5) is 13.8. The molecular weight excluding hydrogens is 294 g/mol. The fraction of sp³-hybridized carbons (Fsp3) is 0.462. The van der Waals surface area contributed by atoms with Gasteiger partial charge in [-0.3, -0.25) is 4.79 Å². The number of hydrogen-bond acceptors (Lipinski definition) is 3. The van der Waals surface area contributed by atoms with Crippen molar-refractivity contribution in [1.29, 1.82) is 0 Å². The van der Waals surface area contributed by atoms with Crippen molar-refractivity contribution in [3.05, 3.63) is 28.7 Å². The van der Waals surface area contributed by atoms with Gasteiger partial charge in [0, 0.05) is 29.3 Å². The number of rotatable bonds is 4. The number of hydrogen-bond donors (Lipinski definition) is 2. The molecule has 2 N–H and O–H groups in total. The molecule has 0 saturated carbocycles. The van der Waals surface area contributed by atoms with E-state index in [4.69, 9.17) is 0 Å². The van der Waals surface area contributed by atoms with Crippen molar-refractivity contribution in [2.75, 3.05) is 31.6 Å². The first-order valence-corrected chi connectivity index (χ1v) is 6.93. The van der Waals surface area contributed by atoms with E-state index >= 15 is 0 Å². The van der Waals surface area contributed by atoms with Crippen LogP contribution in [0.2, 0.25) is 0 Å². The van der Waals surface area contributed by atoms with Crippen LogP contribution in [0.25, 0.3) is 0 Å². The molecule has 0 bridgehead atoms. The summed E-state index contributed by atoms with van der Waals surface area (Å²) in [5, 5.41) is 5.90. The van der Waals surface area contributed by atoms with Crippen LogP contribution < -0.4 is 15.5 Å². The highest BCUT2D eigenvalue weighted by Crippen LogP contribution is 2.22. The molecule has 1 unspecified atom stereocenters. The summed E-state index contributed by atoms with van der Waals surface area (Å²) in [6.07, 6.45) is 1.01. The van der Waals surface area contributed by atoms with Crippen LogP contribution in [0, 0.1) is 0 Å². The molecule has 0 radical (unpaired) electrons. The van der Waals surface area contributed by atoms with Gasteiger partial charge in [-0.1, -0.05) is 15.9 Å². The number of anilines is 1. The fourth-order valence-corrected chi connectivity index (χ4v) is 2.47. The molecule has 0 spiro atoms. The third-order valence-electron chi connectivity index (χ3n) is 3.08. The van der Waals surface area contributed by atoms with E-state index in [2.05, 4.69) is 43.6 Å². The van der Waals surface area contributed by atoms with Gasteiger partial charge in [0.25, 0.3) is 0 Å². The quantitative estimate of drug-likeness (QED) is 0.882. The Kier molecular flexibility index (Phi) is 4.60. The van der Waals surface area contributed by atoms with E-state index in [1.165, 1.54) is 5.69 Å². The molecule has 4 nitrogen and oxygen atoms in total. The lowest BCUT2D eigenvalue weighted by Crippen LogP contribution is -2.41. The van der Waals surface area contributed by atoms with Crippen molar-refractivity contribution in [3.8, 4) is 0 Å². The van der Waals surface area contributed by atoms with Gasteiger partial charge in [-0.25, -0.2) is 0 Å². The summed E-state index contributed by atoms with van der Waals surface area (Å²) in [5.41, 5.74) is 1.21. The fourth-order valence-electron chi connectivity index (χ4n) is 2.20. The zero-order valence-electron chi connectivity index (χ0n) is 10.4. The number of halogens is 1. The lowest BCUT2D eigenvalue weighted by molar-refractivity contribution is -0.120. The predicted octanol–water partition coefficient (Wildman–Crippen LogP) is 1.36. The second kappa shape index (κ2) is 6.20. The summed E-state index contributed by atoms with van der Waals surface area (Å²) in [6, 6.07) is 8.54. The third kappa shape index (κ3) is 3.46. The second-order valence-electron chi connectivity index (χ2n) is 4.51. The van der Waals surface area contributed by atoms with E-state index in [9.17, 15) is 4.79 Å². The average Bonchev–Trinajstić information content (AvgIpc) is 2.78. The first-order valence-electron chi connectivity index (χ1n) is 6.13. The lowest BCUT2D eigenvalue weighted by Gasteiger charge is -2.19. The number of benzene rings is 1. The Labute approximate surface area is 116 Å². The Bertz CT molecular complexity index is 407. The number of carbonyl (C=O) groups is 1. The van der Waals surface area contributed by atoms with Crippen molar-refractivity contribution in [2.45, 2.75) is 12.5 Å². The monoisotopic (exact) mass is 311 g/mol. The molecule has 1 atom stereocenters. The van der Waals surface area contributed by atoms with E-state index < -0.39 is 0 Å². The molecule has 18 heavy (non-hydrogen) atoms. The topological polar surface area (TPSA) is 44.4 Å². The molecule has 1 fully saturated rings. The summed E-state index contributed by atoms with van der Waals surface area (Å²) in [7, 11) is 1.78. The smallest absolute Gasteiger partial charge is 0.234 e. The molecule has 1 aromatic rings. The van der Waals surface area contributed by atoms with Crippen LogP contribution in [-0.4, -0.2) is 38.6 Å². The summed E-state index contributed by atoms with van der Waals surface area (Å²) >= 11 is 3.43. The number of likely N-dealkylation sites (N-methyl/N-ethyl adjacent to an activating group) is 1. The normalized spacial score (nSPS) is 19.0. The number of amides is 1. The first kappa shape index (κ1) is 13.4. The highest BCUT2D eigenvalue weighted by molar-refractivity contribution is 9.10. The Morgan fingerprint density at radius 3 is 2.83 bits per heavy atom. The van der Waals surface area contributed by atoms with E-state index in [0.717, 1.165) is 24.0 Å². The van der Waals surface area contributed by atoms with Crippen molar-refractivity contribution in [2.24, 2.45) is 0 Å². The number of carbonyl (C=O) groups excluding carboxylic acids is 1. The predicted molar refractivity (Wildman–Crippen MR) is 76.8 cm³/mol. The van der Waals surface area contributed by atoms with Gasteiger partial charge in [-0.2, -0.15) is 0 Å². The van der Waals surface area contributed by atoms with Crippen LogP contribution in [0.3, 0.4) is 0 Å². The molecule has 1 saturated heterocycles. The van der Waals surface area contributed by atoms with Crippen LogP contribution in [-0.2, 0) is 4.79 Å². The largest absolute Gasteiger partial charge is 0.369 e. The average molecular weight is 312 g/mol. The SMILES string of the molecule is CNCC(=O)NC1CCN(c2ccc(Br)cc2)C1. The maximum atomic E-state index is 11.5. The van der Waals surface area contributed by atoms with E-state index in [1.54, 1.807) is 7.05 Å².